The molecule has 0 aliphatic heterocycles. The third-order valence-corrected chi connectivity index (χ3v) is 5.38. The molecule has 3 heterocycles. The van der Waals surface area contributed by atoms with E-state index in [2.05, 4.69) is 30.9 Å². The van der Waals surface area contributed by atoms with Crippen LogP contribution in [0.25, 0.3) is 16.9 Å². The van der Waals surface area contributed by atoms with Gasteiger partial charge in [0.25, 0.3) is 0 Å². The maximum Gasteiger partial charge on any atom is 0.348 e. The number of nitrogen functional groups attached to an aromatic ring is 1. The molecule has 0 spiro atoms. The molecule has 178 valence electrons. The van der Waals surface area contributed by atoms with Gasteiger partial charge in [-0.25, -0.2) is 9.78 Å². The number of carbonyl (C=O) groups is 1. The lowest BCUT2D eigenvalue weighted by molar-refractivity contribution is 0.0736. The van der Waals surface area contributed by atoms with Crippen molar-refractivity contribution < 1.29 is 9.53 Å². The monoisotopic (exact) mass is 496 g/mol. The number of fused-ring (bicyclic) bond motifs is 1. The number of hydrogen-bond acceptors (Lipinski definition) is 8. The largest absolute Gasteiger partial charge is 0.421 e. The van der Waals surface area contributed by atoms with Gasteiger partial charge in [-0.05, 0) is 43.4 Å². The SMILES string of the molecule is Cc1cc2ncc(C(=O)Oc3ccccc3NC(=S)Nc3ccc(-c4ccccc4)nn3)c(N)n2n1. The van der Waals surface area contributed by atoms with Crippen molar-refractivity contribution in [2.24, 2.45) is 0 Å². The summed E-state index contributed by atoms with van der Waals surface area (Å²) in [4.78, 5) is 17.1. The number of benzene rings is 2. The number of nitrogens with zero attached hydrogens (tertiary/aromatic N) is 5. The van der Waals surface area contributed by atoms with Gasteiger partial charge in [0.15, 0.2) is 22.3 Å². The number of carbonyl (C=O) groups excluding carboxylic acids is 1. The summed E-state index contributed by atoms with van der Waals surface area (Å²) in [5, 5.41) is 18.9. The van der Waals surface area contributed by atoms with Crippen LogP contribution in [-0.4, -0.2) is 35.9 Å². The predicted molar refractivity (Wildman–Crippen MR) is 141 cm³/mol. The molecule has 10 nitrogen and oxygen atoms in total. The number of thiocarbonyl (C=S) groups is 1. The van der Waals surface area contributed by atoms with Crippen LogP contribution >= 0.6 is 12.2 Å². The molecule has 0 bridgehead atoms. The minimum absolute atomic E-state index is 0.0925. The first kappa shape index (κ1) is 22.9. The third kappa shape index (κ3) is 4.81. The van der Waals surface area contributed by atoms with Crippen molar-refractivity contribution in [3.8, 4) is 17.0 Å². The van der Waals surface area contributed by atoms with E-state index in [1.165, 1.54) is 10.7 Å². The molecule has 0 saturated heterocycles. The van der Waals surface area contributed by atoms with Crippen LogP contribution in [-0.2, 0) is 0 Å². The van der Waals surface area contributed by atoms with Gasteiger partial charge in [0.05, 0.1) is 17.1 Å². The molecule has 0 saturated carbocycles. The van der Waals surface area contributed by atoms with E-state index in [1.807, 2.05) is 43.3 Å². The fraction of sp³-hybridized carbons (Fsp3) is 0.0400. The predicted octanol–water partition coefficient (Wildman–Crippen LogP) is 4.11. The summed E-state index contributed by atoms with van der Waals surface area (Å²) in [6, 6.07) is 22.0. The minimum Gasteiger partial charge on any atom is -0.421 e. The molecule has 2 aromatic carbocycles. The fourth-order valence-electron chi connectivity index (χ4n) is 3.47. The van der Waals surface area contributed by atoms with Crippen molar-refractivity contribution in [2.45, 2.75) is 6.92 Å². The molecule has 5 aromatic rings. The first-order chi connectivity index (χ1) is 17.5. The lowest BCUT2D eigenvalue weighted by atomic mass is 10.1. The van der Waals surface area contributed by atoms with Crippen molar-refractivity contribution >= 4 is 46.3 Å². The quantitative estimate of drug-likeness (QED) is 0.185. The lowest BCUT2D eigenvalue weighted by Gasteiger charge is -2.14. The van der Waals surface area contributed by atoms with Crippen molar-refractivity contribution in [3.63, 3.8) is 0 Å². The van der Waals surface area contributed by atoms with Gasteiger partial charge >= 0.3 is 5.97 Å². The highest BCUT2D eigenvalue weighted by Gasteiger charge is 2.18. The van der Waals surface area contributed by atoms with E-state index < -0.39 is 5.97 Å². The molecule has 0 fully saturated rings. The number of para-hydroxylation sites is 2. The molecule has 0 atom stereocenters. The molecule has 0 radical (unpaired) electrons. The summed E-state index contributed by atoms with van der Waals surface area (Å²) < 4.78 is 7.01. The summed E-state index contributed by atoms with van der Waals surface area (Å²) >= 11 is 5.41. The molecule has 4 N–H and O–H groups in total. The minimum atomic E-state index is -0.675. The Hall–Kier alpha value is -4.90. The summed E-state index contributed by atoms with van der Waals surface area (Å²) in [5.74, 6) is 0.181. The van der Waals surface area contributed by atoms with Gasteiger partial charge in [0.2, 0.25) is 0 Å². The molecule has 11 heteroatoms. The van der Waals surface area contributed by atoms with Crippen LogP contribution < -0.4 is 21.1 Å². The van der Waals surface area contributed by atoms with Gasteiger partial charge in [0.1, 0.15) is 11.4 Å². The smallest absolute Gasteiger partial charge is 0.348 e. The summed E-state index contributed by atoms with van der Waals surface area (Å²) in [6.45, 7) is 1.81. The number of aromatic nitrogens is 5. The summed E-state index contributed by atoms with van der Waals surface area (Å²) in [6.07, 6.45) is 1.37. The van der Waals surface area contributed by atoms with Crippen LogP contribution in [0.3, 0.4) is 0 Å². The highest BCUT2D eigenvalue weighted by molar-refractivity contribution is 7.80. The van der Waals surface area contributed by atoms with Crippen molar-refractivity contribution in [1.29, 1.82) is 0 Å². The van der Waals surface area contributed by atoms with Crippen LogP contribution in [0, 0.1) is 6.92 Å². The molecule has 0 unspecified atom stereocenters. The number of anilines is 3. The zero-order chi connectivity index (χ0) is 25.1. The Morgan fingerprint density at radius 1 is 1.00 bits per heavy atom. The normalized spacial score (nSPS) is 10.7. The zero-order valence-corrected chi connectivity index (χ0v) is 19.9. The summed E-state index contributed by atoms with van der Waals surface area (Å²) in [5.41, 5.74) is 9.69. The average Bonchev–Trinajstić information content (AvgIpc) is 3.27. The molecular formula is C25H20N8O2S. The van der Waals surface area contributed by atoms with E-state index in [-0.39, 0.29) is 22.2 Å². The molecule has 36 heavy (non-hydrogen) atoms. The van der Waals surface area contributed by atoms with Crippen LogP contribution in [0.2, 0.25) is 0 Å². The highest BCUT2D eigenvalue weighted by Crippen LogP contribution is 2.26. The van der Waals surface area contributed by atoms with Gasteiger partial charge in [0, 0.05) is 17.8 Å². The highest BCUT2D eigenvalue weighted by atomic mass is 32.1. The van der Waals surface area contributed by atoms with Gasteiger partial charge in [-0.1, -0.05) is 42.5 Å². The topological polar surface area (TPSA) is 132 Å². The average molecular weight is 497 g/mol. The second-order valence-electron chi connectivity index (χ2n) is 7.75. The number of nitrogens with one attached hydrogen (secondary N) is 2. The number of aryl methyl sites for hydroxylation is 1. The van der Waals surface area contributed by atoms with Crippen molar-refractivity contribution in [3.05, 3.63) is 90.3 Å². The lowest BCUT2D eigenvalue weighted by Crippen LogP contribution is -2.21. The Morgan fingerprint density at radius 2 is 1.78 bits per heavy atom. The van der Waals surface area contributed by atoms with E-state index in [0.29, 0.717) is 17.2 Å². The number of hydrogen-bond donors (Lipinski definition) is 3. The van der Waals surface area contributed by atoms with E-state index >= 15 is 0 Å². The van der Waals surface area contributed by atoms with E-state index in [9.17, 15) is 4.79 Å². The Kier molecular flexibility index (Phi) is 6.20. The number of nitrogens with two attached hydrogens (primary N) is 1. The Balaban J connectivity index is 1.28. The maximum absolute atomic E-state index is 12.9. The van der Waals surface area contributed by atoms with Crippen LogP contribution in [0.5, 0.6) is 5.75 Å². The maximum atomic E-state index is 12.9. The standard InChI is InChI=1S/C25H20N8O2S/c1-15-13-22-27-14-17(23(26)33(22)32-15)24(34)35-20-10-6-5-9-19(20)28-25(36)29-21-12-11-18(30-31-21)16-7-3-2-4-8-16/h2-14H,26H2,1H3,(H2,28,29,31,36). The molecule has 5 rings (SSSR count). The third-order valence-electron chi connectivity index (χ3n) is 5.18. The van der Waals surface area contributed by atoms with E-state index in [4.69, 9.17) is 22.7 Å². The molecule has 0 aliphatic rings. The van der Waals surface area contributed by atoms with E-state index in [1.54, 1.807) is 36.4 Å². The van der Waals surface area contributed by atoms with Crippen LogP contribution in [0.1, 0.15) is 16.1 Å². The molecule has 3 aromatic heterocycles. The van der Waals surface area contributed by atoms with Gasteiger partial charge in [-0.3, -0.25) is 0 Å². The van der Waals surface area contributed by atoms with E-state index in [0.717, 1.165) is 17.0 Å². The second kappa shape index (κ2) is 9.76. The van der Waals surface area contributed by atoms with Gasteiger partial charge < -0.3 is 21.1 Å². The van der Waals surface area contributed by atoms with Crippen LogP contribution in [0.15, 0.2) is 79.0 Å². The Morgan fingerprint density at radius 3 is 2.56 bits per heavy atom. The molecule has 0 aliphatic carbocycles. The summed E-state index contributed by atoms with van der Waals surface area (Å²) in [7, 11) is 0. The first-order valence-corrected chi connectivity index (χ1v) is 11.3. The van der Waals surface area contributed by atoms with Crippen LogP contribution in [0.4, 0.5) is 17.3 Å². The molecule has 0 amide bonds. The molecular weight excluding hydrogens is 476 g/mol. The number of esters is 1. The Bertz CT molecular complexity index is 1570. The fourth-order valence-corrected chi connectivity index (χ4v) is 3.68. The van der Waals surface area contributed by atoms with Gasteiger partial charge in [-0.2, -0.15) is 9.61 Å². The second-order valence-corrected chi connectivity index (χ2v) is 8.16. The number of rotatable bonds is 5. The van der Waals surface area contributed by atoms with Crippen molar-refractivity contribution in [1.82, 2.24) is 24.8 Å². The van der Waals surface area contributed by atoms with Gasteiger partial charge in [-0.15, -0.1) is 10.2 Å². The Labute approximate surface area is 211 Å². The zero-order valence-electron chi connectivity index (χ0n) is 19.0. The van der Waals surface area contributed by atoms with Crippen molar-refractivity contribution in [2.75, 3.05) is 16.4 Å². The first-order valence-electron chi connectivity index (χ1n) is 10.9. The number of ether oxygens (including phenoxy) is 1.